The van der Waals surface area contributed by atoms with E-state index in [1.807, 2.05) is 0 Å². The number of rotatable bonds is 4. The summed E-state index contributed by atoms with van der Waals surface area (Å²) in [5.41, 5.74) is 11.1. The maximum atomic E-state index is 11.7. The SMILES string of the molecule is CC1CC(C)C(C)N(CC(N)(C(N)=O)C2CC2)C1. The number of carbonyl (C=O) groups is 1. The molecule has 2 rings (SSSR count). The minimum atomic E-state index is -0.814. The van der Waals surface area contributed by atoms with E-state index in [1.54, 1.807) is 0 Å². The van der Waals surface area contributed by atoms with Gasteiger partial charge in [0.15, 0.2) is 0 Å². The van der Waals surface area contributed by atoms with Crippen LogP contribution in [0.15, 0.2) is 0 Å². The van der Waals surface area contributed by atoms with Gasteiger partial charge in [0.05, 0.1) is 0 Å². The van der Waals surface area contributed by atoms with Crippen LogP contribution in [-0.4, -0.2) is 35.5 Å². The van der Waals surface area contributed by atoms with E-state index in [9.17, 15) is 4.79 Å². The van der Waals surface area contributed by atoms with Crippen LogP contribution in [0.5, 0.6) is 0 Å². The molecule has 1 aliphatic heterocycles. The fraction of sp³-hybridized carbons (Fsp3) is 0.929. The second-order valence-electron chi connectivity index (χ2n) is 6.67. The molecule has 4 heteroatoms. The van der Waals surface area contributed by atoms with E-state index < -0.39 is 5.54 Å². The summed E-state index contributed by atoms with van der Waals surface area (Å²) >= 11 is 0. The van der Waals surface area contributed by atoms with Crippen LogP contribution in [0.2, 0.25) is 0 Å². The molecule has 0 aromatic rings. The van der Waals surface area contributed by atoms with Gasteiger partial charge in [-0.15, -0.1) is 0 Å². The molecular weight excluding hydrogens is 226 g/mol. The highest BCUT2D eigenvalue weighted by Crippen LogP contribution is 2.40. The number of carbonyl (C=O) groups excluding carboxylic acids is 1. The van der Waals surface area contributed by atoms with Crippen molar-refractivity contribution in [3.05, 3.63) is 0 Å². The summed E-state index contributed by atoms with van der Waals surface area (Å²) in [6.07, 6.45) is 3.36. The molecule has 0 aromatic heterocycles. The number of piperidine rings is 1. The number of nitrogens with zero attached hydrogens (tertiary/aromatic N) is 1. The molecule has 4 nitrogen and oxygen atoms in total. The van der Waals surface area contributed by atoms with E-state index >= 15 is 0 Å². The Morgan fingerprint density at radius 3 is 2.44 bits per heavy atom. The van der Waals surface area contributed by atoms with Gasteiger partial charge in [-0.1, -0.05) is 13.8 Å². The van der Waals surface area contributed by atoms with Gasteiger partial charge in [0.1, 0.15) is 5.54 Å². The lowest BCUT2D eigenvalue weighted by Crippen LogP contribution is -2.63. The first-order valence-corrected chi connectivity index (χ1v) is 7.17. The van der Waals surface area contributed by atoms with Crippen molar-refractivity contribution in [1.29, 1.82) is 0 Å². The number of primary amides is 1. The van der Waals surface area contributed by atoms with Crippen LogP contribution >= 0.6 is 0 Å². The first-order valence-electron chi connectivity index (χ1n) is 7.17. The third kappa shape index (κ3) is 2.54. The Morgan fingerprint density at radius 1 is 1.33 bits per heavy atom. The largest absolute Gasteiger partial charge is 0.368 e. The highest BCUT2D eigenvalue weighted by Gasteiger charge is 2.48. The van der Waals surface area contributed by atoms with E-state index in [4.69, 9.17) is 11.5 Å². The average molecular weight is 253 g/mol. The van der Waals surface area contributed by atoms with Crippen LogP contribution in [0.1, 0.15) is 40.0 Å². The minimum Gasteiger partial charge on any atom is -0.368 e. The summed E-state index contributed by atoms with van der Waals surface area (Å²) in [5.74, 6) is 1.30. The molecule has 1 aliphatic carbocycles. The Morgan fingerprint density at radius 2 is 1.94 bits per heavy atom. The van der Waals surface area contributed by atoms with Crippen molar-refractivity contribution >= 4 is 5.91 Å². The second-order valence-corrected chi connectivity index (χ2v) is 6.67. The maximum Gasteiger partial charge on any atom is 0.239 e. The minimum absolute atomic E-state index is 0.301. The van der Waals surface area contributed by atoms with Crippen molar-refractivity contribution in [3.8, 4) is 0 Å². The summed E-state index contributed by atoms with van der Waals surface area (Å²) in [6, 6.07) is 0.488. The fourth-order valence-corrected chi connectivity index (χ4v) is 3.38. The second kappa shape index (κ2) is 4.82. The normalized spacial score (nSPS) is 37.2. The van der Waals surface area contributed by atoms with E-state index in [0.29, 0.717) is 30.3 Å². The Kier molecular flexibility index (Phi) is 3.70. The topological polar surface area (TPSA) is 72.3 Å². The van der Waals surface area contributed by atoms with Crippen LogP contribution < -0.4 is 11.5 Å². The predicted octanol–water partition coefficient (Wildman–Crippen LogP) is 0.946. The van der Waals surface area contributed by atoms with Crippen LogP contribution in [0, 0.1) is 17.8 Å². The molecule has 1 amide bonds. The molecule has 0 radical (unpaired) electrons. The quantitative estimate of drug-likeness (QED) is 0.783. The average Bonchev–Trinajstić information content (AvgIpc) is 3.08. The molecular formula is C14H27N3O. The first kappa shape index (κ1) is 13.8. The molecule has 1 saturated carbocycles. The van der Waals surface area contributed by atoms with E-state index in [1.165, 1.54) is 6.42 Å². The Hall–Kier alpha value is -0.610. The maximum absolute atomic E-state index is 11.7. The summed E-state index contributed by atoms with van der Waals surface area (Å²) in [6.45, 7) is 8.46. The summed E-state index contributed by atoms with van der Waals surface area (Å²) in [5, 5.41) is 0. The zero-order chi connectivity index (χ0) is 13.5. The third-order valence-electron chi connectivity index (χ3n) is 4.95. The zero-order valence-corrected chi connectivity index (χ0v) is 11.9. The van der Waals surface area contributed by atoms with E-state index in [0.717, 1.165) is 19.4 Å². The third-order valence-corrected chi connectivity index (χ3v) is 4.95. The molecule has 4 atom stereocenters. The van der Waals surface area contributed by atoms with Crippen LogP contribution in [0.25, 0.3) is 0 Å². The lowest BCUT2D eigenvalue weighted by Gasteiger charge is -2.44. The molecule has 0 bridgehead atoms. The van der Waals surface area contributed by atoms with E-state index in [2.05, 4.69) is 25.7 Å². The van der Waals surface area contributed by atoms with Gasteiger partial charge < -0.3 is 11.5 Å². The Bertz CT molecular complexity index is 329. The molecule has 18 heavy (non-hydrogen) atoms. The lowest BCUT2D eigenvalue weighted by molar-refractivity contribution is -0.125. The van der Waals surface area contributed by atoms with Crippen molar-refractivity contribution in [3.63, 3.8) is 0 Å². The van der Waals surface area contributed by atoms with Crippen LogP contribution in [0.4, 0.5) is 0 Å². The van der Waals surface area contributed by atoms with Gasteiger partial charge in [-0.3, -0.25) is 9.69 Å². The van der Waals surface area contributed by atoms with Crippen LogP contribution in [-0.2, 0) is 4.79 Å². The summed E-state index contributed by atoms with van der Waals surface area (Å²) in [7, 11) is 0. The van der Waals surface area contributed by atoms with Gasteiger partial charge in [-0.2, -0.15) is 0 Å². The number of hydrogen-bond donors (Lipinski definition) is 2. The fourth-order valence-electron chi connectivity index (χ4n) is 3.38. The molecule has 4 N–H and O–H groups in total. The van der Waals surface area contributed by atoms with Gasteiger partial charge in [-0.05, 0) is 43.9 Å². The van der Waals surface area contributed by atoms with Crippen molar-refractivity contribution < 1.29 is 4.79 Å². The van der Waals surface area contributed by atoms with Crippen molar-refractivity contribution in [2.24, 2.45) is 29.2 Å². The lowest BCUT2D eigenvalue weighted by atomic mass is 9.83. The number of hydrogen-bond acceptors (Lipinski definition) is 3. The first-order chi connectivity index (χ1) is 8.34. The highest BCUT2D eigenvalue weighted by atomic mass is 16.1. The Balaban J connectivity index is 2.08. The molecule has 104 valence electrons. The van der Waals surface area contributed by atoms with Crippen LogP contribution in [0.3, 0.4) is 0 Å². The van der Waals surface area contributed by atoms with Gasteiger partial charge in [0.2, 0.25) is 5.91 Å². The molecule has 2 aliphatic rings. The summed E-state index contributed by atoms with van der Waals surface area (Å²) < 4.78 is 0. The van der Waals surface area contributed by atoms with Gasteiger partial charge >= 0.3 is 0 Å². The standard InChI is InChI=1S/C14H27N3O/c1-9-6-10(2)11(3)17(7-9)8-14(16,13(15)18)12-4-5-12/h9-12H,4-8,16H2,1-3H3,(H2,15,18). The van der Waals surface area contributed by atoms with Gasteiger partial charge in [0.25, 0.3) is 0 Å². The van der Waals surface area contributed by atoms with Gasteiger partial charge in [-0.25, -0.2) is 0 Å². The zero-order valence-electron chi connectivity index (χ0n) is 11.9. The Labute approximate surface area is 110 Å². The van der Waals surface area contributed by atoms with E-state index in [-0.39, 0.29) is 5.91 Å². The van der Waals surface area contributed by atoms with Gasteiger partial charge in [0, 0.05) is 19.1 Å². The molecule has 1 heterocycles. The number of likely N-dealkylation sites (tertiary alicyclic amines) is 1. The van der Waals surface area contributed by atoms with Crippen molar-refractivity contribution in [1.82, 2.24) is 4.90 Å². The molecule has 2 fully saturated rings. The predicted molar refractivity (Wildman–Crippen MR) is 72.8 cm³/mol. The molecule has 1 saturated heterocycles. The molecule has 0 spiro atoms. The number of nitrogens with two attached hydrogens (primary N) is 2. The summed E-state index contributed by atoms with van der Waals surface area (Å²) in [4.78, 5) is 14.1. The monoisotopic (exact) mass is 253 g/mol. The highest BCUT2D eigenvalue weighted by molar-refractivity contribution is 5.85. The smallest absolute Gasteiger partial charge is 0.239 e. The van der Waals surface area contributed by atoms with Crippen molar-refractivity contribution in [2.75, 3.05) is 13.1 Å². The number of amides is 1. The van der Waals surface area contributed by atoms with Crippen molar-refractivity contribution in [2.45, 2.75) is 51.6 Å². The molecule has 4 unspecified atom stereocenters. The molecule has 0 aromatic carbocycles.